The van der Waals surface area contributed by atoms with Crippen molar-refractivity contribution in [1.29, 1.82) is 0 Å². The van der Waals surface area contributed by atoms with Crippen LogP contribution in [-0.2, 0) is 32.0 Å². The first-order chi connectivity index (χ1) is 18.7. The van der Waals surface area contributed by atoms with Crippen LogP contribution in [0.25, 0.3) is 0 Å². The van der Waals surface area contributed by atoms with Crippen molar-refractivity contribution in [3.8, 4) is 0 Å². The summed E-state index contributed by atoms with van der Waals surface area (Å²) in [6.07, 6.45) is 4.90. The van der Waals surface area contributed by atoms with E-state index in [1.807, 2.05) is 57.2 Å². The molecule has 2 aromatic rings. The first-order valence-corrected chi connectivity index (χ1v) is 14.3. The van der Waals surface area contributed by atoms with Gasteiger partial charge in [-0.1, -0.05) is 60.7 Å². The van der Waals surface area contributed by atoms with Crippen LogP contribution >= 0.6 is 0 Å². The molecule has 2 aliphatic heterocycles. The summed E-state index contributed by atoms with van der Waals surface area (Å²) in [5.74, 6) is -0.568. The largest absolute Gasteiger partial charge is 0.460 e. The molecule has 0 radical (unpaired) electrons. The molecule has 0 aromatic heterocycles. The lowest BCUT2D eigenvalue weighted by molar-refractivity contribution is -0.164. The zero-order chi connectivity index (χ0) is 27.9. The number of benzene rings is 2. The van der Waals surface area contributed by atoms with Gasteiger partial charge in [0.15, 0.2) is 0 Å². The van der Waals surface area contributed by atoms with Gasteiger partial charge in [0.25, 0.3) is 0 Å². The number of amides is 2. The van der Waals surface area contributed by atoms with Crippen LogP contribution in [0.5, 0.6) is 0 Å². The Morgan fingerprint density at radius 3 is 2.15 bits per heavy atom. The molecule has 1 unspecified atom stereocenters. The highest BCUT2D eigenvalue weighted by Crippen LogP contribution is 2.34. The average Bonchev–Trinajstić information content (AvgIpc) is 2.91. The second kappa shape index (κ2) is 12.8. The van der Waals surface area contributed by atoms with Crippen molar-refractivity contribution in [3.05, 3.63) is 71.8 Å². The van der Waals surface area contributed by atoms with E-state index in [1.54, 1.807) is 4.90 Å². The molecule has 7 nitrogen and oxygen atoms in total. The van der Waals surface area contributed by atoms with Crippen molar-refractivity contribution in [2.75, 3.05) is 26.2 Å². The van der Waals surface area contributed by atoms with Gasteiger partial charge < -0.3 is 19.9 Å². The molecule has 2 saturated heterocycles. The Morgan fingerprint density at radius 1 is 0.923 bits per heavy atom. The van der Waals surface area contributed by atoms with E-state index in [4.69, 9.17) is 4.74 Å². The van der Waals surface area contributed by atoms with Gasteiger partial charge in [0.1, 0.15) is 17.2 Å². The predicted octanol–water partition coefficient (Wildman–Crippen LogP) is 4.15. The summed E-state index contributed by atoms with van der Waals surface area (Å²) in [6.45, 7) is 8.15. The minimum atomic E-state index is -0.924. The highest BCUT2D eigenvalue weighted by atomic mass is 16.6. The molecule has 2 amide bonds. The van der Waals surface area contributed by atoms with Crippen LogP contribution in [0.3, 0.4) is 0 Å². The lowest BCUT2D eigenvalue weighted by Gasteiger charge is -2.51. The SMILES string of the molecule is CC(C)(C)OC(=O)CCN1C(=O)C(Cc2ccccc2)NC(=O)C12CCN(CCCCc1ccccc1)CC2. The molecular formula is C32H43N3O4. The van der Waals surface area contributed by atoms with E-state index >= 15 is 0 Å². The van der Waals surface area contributed by atoms with Crippen LogP contribution in [0.4, 0.5) is 0 Å². The molecule has 210 valence electrons. The number of carbonyl (C=O) groups is 3. The summed E-state index contributed by atoms with van der Waals surface area (Å²) in [6, 6.07) is 19.6. The van der Waals surface area contributed by atoms with Crippen LogP contribution in [0.1, 0.15) is 64.0 Å². The highest BCUT2D eigenvalue weighted by molar-refractivity contribution is 6.00. The van der Waals surface area contributed by atoms with E-state index < -0.39 is 17.2 Å². The second-order valence-corrected chi connectivity index (χ2v) is 11.9. The quantitative estimate of drug-likeness (QED) is 0.367. The van der Waals surface area contributed by atoms with E-state index in [-0.39, 0.29) is 30.7 Å². The van der Waals surface area contributed by atoms with Crippen molar-refractivity contribution >= 4 is 17.8 Å². The van der Waals surface area contributed by atoms with Gasteiger partial charge in [0.05, 0.1) is 6.42 Å². The molecule has 2 aromatic carbocycles. The highest BCUT2D eigenvalue weighted by Gasteiger charge is 2.53. The molecule has 2 heterocycles. The van der Waals surface area contributed by atoms with Crippen molar-refractivity contribution in [1.82, 2.24) is 15.1 Å². The molecule has 4 rings (SSSR count). The topological polar surface area (TPSA) is 79.0 Å². The maximum Gasteiger partial charge on any atom is 0.308 e. The molecule has 1 N–H and O–H groups in total. The van der Waals surface area contributed by atoms with Crippen molar-refractivity contribution < 1.29 is 19.1 Å². The van der Waals surface area contributed by atoms with Crippen LogP contribution in [0, 0.1) is 0 Å². The summed E-state index contributed by atoms with van der Waals surface area (Å²) in [4.78, 5) is 44.2. The van der Waals surface area contributed by atoms with Gasteiger partial charge in [-0.25, -0.2) is 0 Å². The summed E-state index contributed by atoms with van der Waals surface area (Å²) in [5, 5.41) is 3.05. The molecule has 7 heteroatoms. The van der Waals surface area contributed by atoms with Crippen LogP contribution in [-0.4, -0.2) is 70.9 Å². The molecule has 2 aliphatic rings. The molecule has 0 aliphatic carbocycles. The normalized spacial score (nSPS) is 19.7. The van der Waals surface area contributed by atoms with Gasteiger partial charge in [0, 0.05) is 26.1 Å². The Bertz CT molecular complexity index is 1110. The Hall–Kier alpha value is -3.19. The fourth-order valence-corrected chi connectivity index (χ4v) is 5.74. The first-order valence-electron chi connectivity index (χ1n) is 14.3. The number of likely N-dealkylation sites (tertiary alicyclic amines) is 1. The zero-order valence-electron chi connectivity index (χ0n) is 23.7. The van der Waals surface area contributed by atoms with Gasteiger partial charge in [-0.15, -0.1) is 0 Å². The van der Waals surface area contributed by atoms with Gasteiger partial charge in [0.2, 0.25) is 11.8 Å². The fourth-order valence-electron chi connectivity index (χ4n) is 5.74. The molecule has 1 atom stereocenters. The molecular weight excluding hydrogens is 490 g/mol. The Kier molecular flexibility index (Phi) is 9.44. The van der Waals surface area contributed by atoms with Crippen molar-refractivity contribution in [2.45, 2.75) is 82.9 Å². The number of aryl methyl sites for hydroxylation is 1. The third kappa shape index (κ3) is 7.69. The number of unbranched alkanes of at least 4 members (excludes halogenated alkanes) is 1. The average molecular weight is 534 g/mol. The number of esters is 1. The third-order valence-electron chi connectivity index (χ3n) is 7.77. The standard InChI is InChI=1S/C32H43N3O4/c1-31(2,3)39-28(36)17-21-35-29(37)27(24-26-15-8-5-9-16-26)33-30(38)32(35)18-22-34(23-19-32)20-11-10-14-25-12-6-4-7-13-25/h4-9,12-13,15-16,27H,10-11,14,17-24H2,1-3H3,(H,33,38). The number of nitrogens with one attached hydrogen (secondary N) is 1. The van der Waals surface area contributed by atoms with Gasteiger partial charge >= 0.3 is 5.97 Å². The number of hydrogen-bond donors (Lipinski definition) is 1. The molecule has 0 bridgehead atoms. The second-order valence-electron chi connectivity index (χ2n) is 11.9. The lowest BCUT2D eigenvalue weighted by atomic mass is 9.81. The van der Waals surface area contributed by atoms with Gasteiger partial charge in [-0.3, -0.25) is 14.4 Å². The van der Waals surface area contributed by atoms with Gasteiger partial charge in [-0.05, 0) is 70.5 Å². The predicted molar refractivity (Wildman–Crippen MR) is 152 cm³/mol. The summed E-state index contributed by atoms with van der Waals surface area (Å²) >= 11 is 0. The van der Waals surface area contributed by atoms with E-state index in [2.05, 4.69) is 34.5 Å². The zero-order valence-corrected chi connectivity index (χ0v) is 23.7. The smallest absolute Gasteiger partial charge is 0.308 e. The first kappa shape index (κ1) is 28.8. The minimum absolute atomic E-state index is 0.0687. The Balaban J connectivity index is 1.40. The van der Waals surface area contributed by atoms with E-state index in [9.17, 15) is 14.4 Å². The number of piperazine rings is 1. The van der Waals surface area contributed by atoms with E-state index in [1.165, 1.54) is 5.56 Å². The monoisotopic (exact) mass is 533 g/mol. The number of piperidine rings is 1. The van der Waals surface area contributed by atoms with Crippen molar-refractivity contribution in [3.63, 3.8) is 0 Å². The maximum absolute atomic E-state index is 13.8. The van der Waals surface area contributed by atoms with Crippen LogP contribution < -0.4 is 5.32 Å². The van der Waals surface area contributed by atoms with Crippen LogP contribution in [0.15, 0.2) is 60.7 Å². The summed E-state index contributed by atoms with van der Waals surface area (Å²) in [7, 11) is 0. The number of ether oxygens (including phenoxy) is 1. The van der Waals surface area contributed by atoms with Crippen LogP contribution in [0.2, 0.25) is 0 Å². The van der Waals surface area contributed by atoms with E-state index in [0.717, 1.165) is 44.5 Å². The number of rotatable bonds is 10. The molecule has 2 fully saturated rings. The molecule has 39 heavy (non-hydrogen) atoms. The minimum Gasteiger partial charge on any atom is -0.460 e. The molecule has 0 saturated carbocycles. The molecule has 1 spiro atoms. The third-order valence-corrected chi connectivity index (χ3v) is 7.77. The number of carbonyl (C=O) groups excluding carboxylic acids is 3. The van der Waals surface area contributed by atoms with Crippen molar-refractivity contribution in [2.24, 2.45) is 0 Å². The van der Waals surface area contributed by atoms with Gasteiger partial charge in [-0.2, -0.15) is 0 Å². The Labute approximate surface area is 232 Å². The maximum atomic E-state index is 13.8. The van der Waals surface area contributed by atoms with E-state index in [0.29, 0.717) is 19.3 Å². The number of hydrogen-bond acceptors (Lipinski definition) is 5. The lowest BCUT2D eigenvalue weighted by Crippen LogP contribution is -2.73. The summed E-state index contributed by atoms with van der Waals surface area (Å²) in [5.41, 5.74) is 0.828. The Morgan fingerprint density at radius 2 is 1.54 bits per heavy atom. The summed E-state index contributed by atoms with van der Waals surface area (Å²) < 4.78 is 5.51. The fraction of sp³-hybridized carbons (Fsp3) is 0.531. The number of nitrogens with zero attached hydrogens (tertiary/aromatic N) is 2.